The molecule has 3 nitrogen and oxygen atoms in total. The molecule has 2 aromatic rings. The molecule has 0 saturated heterocycles. The second-order valence-corrected chi connectivity index (χ2v) is 7.79. The van der Waals surface area contributed by atoms with Gasteiger partial charge in [0.25, 0.3) is 0 Å². The SMILES string of the molecule is CCCN(CCC)c1c(C)c(Nc2ccc(Cl)cc2Cl)nc2c1CCC2. The molecule has 0 fully saturated rings. The zero-order valence-electron chi connectivity index (χ0n) is 15.8. The number of nitrogens with zero attached hydrogens (tertiary/aromatic N) is 2. The van der Waals surface area contributed by atoms with Crippen molar-refractivity contribution in [1.82, 2.24) is 4.98 Å². The van der Waals surface area contributed by atoms with Crippen molar-refractivity contribution in [2.45, 2.75) is 52.9 Å². The molecule has 1 N–H and O–H groups in total. The van der Waals surface area contributed by atoms with Gasteiger partial charge in [0, 0.05) is 35.1 Å². The van der Waals surface area contributed by atoms with Crippen LogP contribution in [0, 0.1) is 6.92 Å². The maximum absolute atomic E-state index is 6.37. The van der Waals surface area contributed by atoms with Crippen LogP contribution in [0.15, 0.2) is 18.2 Å². The Hall–Kier alpha value is -1.45. The highest BCUT2D eigenvalue weighted by Gasteiger charge is 2.24. The van der Waals surface area contributed by atoms with Crippen molar-refractivity contribution in [2.24, 2.45) is 0 Å². The molecule has 26 heavy (non-hydrogen) atoms. The van der Waals surface area contributed by atoms with Gasteiger partial charge in [-0.3, -0.25) is 0 Å². The van der Waals surface area contributed by atoms with Gasteiger partial charge in [0.15, 0.2) is 0 Å². The lowest BCUT2D eigenvalue weighted by molar-refractivity contribution is 0.737. The molecule has 3 rings (SSSR count). The minimum absolute atomic E-state index is 0.611. The molecule has 0 atom stereocenters. The average molecular weight is 392 g/mol. The molecular formula is C21H27Cl2N3. The number of pyridine rings is 1. The first-order valence-corrected chi connectivity index (χ1v) is 10.3. The maximum Gasteiger partial charge on any atom is 0.135 e. The van der Waals surface area contributed by atoms with Crippen LogP contribution < -0.4 is 10.2 Å². The van der Waals surface area contributed by atoms with Gasteiger partial charge in [-0.2, -0.15) is 0 Å². The summed E-state index contributed by atoms with van der Waals surface area (Å²) in [6.07, 6.45) is 5.65. The van der Waals surface area contributed by atoms with E-state index in [9.17, 15) is 0 Å². The van der Waals surface area contributed by atoms with Gasteiger partial charge in [-0.15, -0.1) is 0 Å². The highest BCUT2D eigenvalue weighted by molar-refractivity contribution is 6.36. The molecule has 1 aromatic carbocycles. The monoisotopic (exact) mass is 391 g/mol. The number of rotatable bonds is 7. The number of fused-ring (bicyclic) bond motifs is 1. The molecule has 0 radical (unpaired) electrons. The molecular weight excluding hydrogens is 365 g/mol. The van der Waals surface area contributed by atoms with E-state index in [4.69, 9.17) is 28.2 Å². The number of nitrogens with one attached hydrogen (secondary N) is 1. The minimum atomic E-state index is 0.611. The van der Waals surface area contributed by atoms with Gasteiger partial charge < -0.3 is 10.2 Å². The normalized spacial score (nSPS) is 13.0. The zero-order valence-corrected chi connectivity index (χ0v) is 17.3. The largest absolute Gasteiger partial charge is 0.371 e. The van der Waals surface area contributed by atoms with Gasteiger partial charge in [0.1, 0.15) is 5.82 Å². The summed E-state index contributed by atoms with van der Waals surface area (Å²) in [6, 6.07) is 5.52. The molecule has 5 heteroatoms. The summed E-state index contributed by atoms with van der Waals surface area (Å²) in [5, 5.41) is 4.70. The van der Waals surface area contributed by atoms with Crippen molar-refractivity contribution in [2.75, 3.05) is 23.3 Å². The van der Waals surface area contributed by atoms with Crippen molar-refractivity contribution in [3.05, 3.63) is 45.1 Å². The van der Waals surface area contributed by atoms with E-state index in [1.165, 1.54) is 28.9 Å². The molecule has 0 bridgehead atoms. The summed E-state index contributed by atoms with van der Waals surface area (Å²) >= 11 is 12.4. The van der Waals surface area contributed by atoms with Gasteiger partial charge in [-0.1, -0.05) is 37.0 Å². The lowest BCUT2D eigenvalue weighted by Crippen LogP contribution is -2.27. The van der Waals surface area contributed by atoms with E-state index in [1.807, 2.05) is 12.1 Å². The Morgan fingerprint density at radius 1 is 1.12 bits per heavy atom. The van der Waals surface area contributed by atoms with Crippen LogP contribution in [0.2, 0.25) is 10.0 Å². The summed E-state index contributed by atoms with van der Waals surface area (Å²) < 4.78 is 0. The van der Waals surface area contributed by atoms with Crippen molar-refractivity contribution in [3.63, 3.8) is 0 Å². The van der Waals surface area contributed by atoms with Crippen molar-refractivity contribution >= 4 is 40.4 Å². The minimum Gasteiger partial charge on any atom is -0.371 e. The number of halogens is 2. The number of aromatic nitrogens is 1. The first kappa shape index (κ1) is 19.3. The molecule has 0 unspecified atom stereocenters. The number of anilines is 3. The predicted octanol–water partition coefficient (Wildman–Crippen LogP) is 6.56. The molecule has 1 aliphatic rings. The van der Waals surface area contributed by atoms with Crippen LogP contribution in [0.1, 0.15) is 49.9 Å². The van der Waals surface area contributed by atoms with Crippen LogP contribution >= 0.6 is 23.2 Å². The van der Waals surface area contributed by atoms with Gasteiger partial charge in [-0.05, 0) is 62.8 Å². The number of hydrogen-bond donors (Lipinski definition) is 1. The van der Waals surface area contributed by atoms with Crippen LogP contribution in [0.25, 0.3) is 0 Å². The molecule has 0 spiro atoms. The number of benzene rings is 1. The molecule has 1 heterocycles. The fraction of sp³-hybridized carbons (Fsp3) is 0.476. The van der Waals surface area contributed by atoms with Crippen LogP contribution in [-0.4, -0.2) is 18.1 Å². The standard InChI is InChI=1S/C21H27Cl2N3/c1-4-11-26(12-5-2)20-14(3)21(24-18-8-6-7-16(18)20)25-19-10-9-15(22)13-17(19)23/h9-10,13H,4-8,11-12H2,1-3H3,(H,24,25). The number of hydrogen-bond acceptors (Lipinski definition) is 3. The van der Waals surface area contributed by atoms with Crippen LogP contribution in [0.5, 0.6) is 0 Å². The summed E-state index contributed by atoms with van der Waals surface area (Å²) in [6.45, 7) is 8.81. The lowest BCUT2D eigenvalue weighted by Gasteiger charge is -2.29. The third kappa shape index (κ3) is 3.94. The lowest BCUT2D eigenvalue weighted by atomic mass is 10.1. The van der Waals surface area contributed by atoms with E-state index in [0.717, 1.165) is 50.3 Å². The summed E-state index contributed by atoms with van der Waals surface area (Å²) in [5.74, 6) is 0.905. The summed E-state index contributed by atoms with van der Waals surface area (Å²) in [7, 11) is 0. The van der Waals surface area contributed by atoms with E-state index in [1.54, 1.807) is 6.07 Å². The molecule has 0 aliphatic heterocycles. The van der Waals surface area contributed by atoms with Gasteiger partial charge >= 0.3 is 0 Å². The average Bonchev–Trinajstić information content (AvgIpc) is 3.06. The quantitative estimate of drug-likeness (QED) is 0.579. The third-order valence-electron chi connectivity index (χ3n) is 4.92. The van der Waals surface area contributed by atoms with E-state index in [2.05, 4.69) is 31.0 Å². The van der Waals surface area contributed by atoms with E-state index >= 15 is 0 Å². The maximum atomic E-state index is 6.37. The second-order valence-electron chi connectivity index (χ2n) is 6.95. The summed E-state index contributed by atoms with van der Waals surface area (Å²) in [4.78, 5) is 7.48. The highest BCUT2D eigenvalue weighted by Crippen LogP contribution is 2.38. The Balaban J connectivity index is 2.05. The fourth-order valence-electron chi connectivity index (χ4n) is 3.81. The topological polar surface area (TPSA) is 28.2 Å². The van der Waals surface area contributed by atoms with E-state index in [0.29, 0.717) is 10.0 Å². The molecule has 0 saturated carbocycles. The smallest absolute Gasteiger partial charge is 0.135 e. The Bertz CT molecular complexity index is 783. The van der Waals surface area contributed by atoms with Gasteiger partial charge in [-0.25, -0.2) is 4.98 Å². The Morgan fingerprint density at radius 3 is 2.50 bits per heavy atom. The van der Waals surface area contributed by atoms with Gasteiger partial charge in [0.2, 0.25) is 0 Å². The van der Waals surface area contributed by atoms with Crippen LogP contribution in [0.4, 0.5) is 17.2 Å². The molecule has 0 amide bonds. The van der Waals surface area contributed by atoms with Crippen molar-refractivity contribution < 1.29 is 0 Å². The van der Waals surface area contributed by atoms with Gasteiger partial charge in [0.05, 0.1) is 10.7 Å². The van der Waals surface area contributed by atoms with Crippen molar-refractivity contribution in [1.29, 1.82) is 0 Å². The van der Waals surface area contributed by atoms with Crippen LogP contribution in [-0.2, 0) is 12.8 Å². The first-order valence-electron chi connectivity index (χ1n) is 9.54. The second kappa shape index (κ2) is 8.49. The Morgan fingerprint density at radius 2 is 1.85 bits per heavy atom. The first-order chi connectivity index (χ1) is 12.5. The highest BCUT2D eigenvalue weighted by atomic mass is 35.5. The zero-order chi connectivity index (χ0) is 18.7. The molecule has 1 aromatic heterocycles. The molecule has 140 valence electrons. The Labute approximate surface area is 166 Å². The van der Waals surface area contributed by atoms with E-state index in [-0.39, 0.29) is 0 Å². The molecule has 1 aliphatic carbocycles. The van der Waals surface area contributed by atoms with Crippen LogP contribution in [0.3, 0.4) is 0 Å². The summed E-state index contributed by atoms with van der Waals surface area (Å²) in [5.41, 5.74) is 6.10. The third-order valence-corrected chi connectivity index (χ3v) is 5.47. The van der Waals surface area contributed by atoms with Crippen molar-refractivity contribution in [3.8, 4) is 0 Å². The fourth-order valence-corrected chi connectivity index (χ4v) is 4.26. The predicted molar refractivity (Wildman–Crippen MR) is 114 cm³/mol. The number of aryl methyl sites for hydroxylation is 1. The Kier molecular flexibility index (Phi) is 6.31. The van der Waals surface area contributed by atoms with E-state index < -0.39 is 0 Å².